The molecule has 1 saturated heterocycles. The van der Waals surface area contributed by atoms with Crippen molar-refractivity contribution >= 4 is 36.0 Å². The fraction of sp³-hybridized carbons (Fsp3) is 0.737. The Bertz CT molecular complexity index is 1090. The van der Waals surface area contributed by atoms with Crippen molar-refractivity contribution in [1.29, 1.82) is 0 Å². The van der Waals surface area contributed by atoms with Crippen LogP contribution in [0.3, 0.4) is 0 Å². The first kappa shape index (κ1) is 30.1. The van der Waals surface area contributed by atoms with Crippen LogP contribution in [0.4, 0.5) is 5.82 Å². The minimum Gasteiger partial charge on any atom is -0.776 e. The second-order valence-electron chi connectivity index (χ2n) is 8.71. The molecule has 196 valence electrons. The van der Waals surface area contributed by atoms with Gasteiger partial charge in [0.2, 0.25) is 5.28 Å². The molecule has 14 nitrogen and oxygen atoms in total. The van der Waals surface area contributed by atoms with Crippen molar-refractivity contribution in [1.82, 2.24) is 19.7 Å². The number of fused-ring (bicyclic) bond motifs is 1. The van der Waals surface area contributed by atoms with E-state index in [1.165, 1.54) is 10.9 Å². The molecule has 3 heterocycles. The van der Waals surface area contributed by atoms with Crippen LogP contribution in [-0.2, 0) is 18.8 Å². The van der Waals surface area contributed by atoms with E-state index >= 15 is 0 Å². The van der Waals surface area contributed by atoms with Gasteiger partial charge < -0.3 is 49.2 Å². The molecule has 1 unspecified atom stereocenters. The van der Waals surface area contributed by atoms with E-state index in [9.17, 15) is 29.7 Å². The molecule has 1 aliphatic heterocycles. The Morgan fingerprint density at radius 3 is 2.64 bits per heavy atom. The first-order valence-electron chi connectivity index (χ1n) is 11.1. The first-order chi connectivity index (χ1) is 16.6. The van der Waals surface area contributed by atoms with Crippen LogP contribution in [0.15, 0.2) is 6.20 Å². The van der Waals surface area contributed by atoms with Crippen molar-refractivity contribution in [2.24, 2.45) is 0 Å². The maximum Gasteiger partial charge on any atom is 1.00 e. The Balaban J connectivity index is 0.00000361. The van der Waals surface area contributed by atoms with Gasteiger partial charge in [-0.25, -0.2) is 4.68 Å². The van der Waals surface area contributed by atoms with E-state index in [4.69, 9.17) is 25.8 Å². The fourth-order valence-electron chi connectivity index (χ4n) is 4.38. The van der Waals surface area contributed by atoms with Gasteiger partial charge in [-0.1, -0.05) is 12.8 Å². The third-order valence-corrected chi connectivity index (χ3v) is 7.95. The van der Waals surface area contributed by atoms with Gasteiger partial charge in [0.15, 0.2) is 24.8 Å². The van der Waals surface area contributed by atoms with Crippen LogP contribution in [0.1, 0.15) is 31.9 Å². The summed E-state index contributed by atoms with van der Waals surface area (Å²) < 4.78 is 28.9. The molecular formula is C19H28ClN5NaO9P. The molecule has 17 heteroatoms. The number of hydrogen-bond donors (Lipinski definition) is 5. The number of ether oxygens (including phenoxy) is 3. The third kappa shape index (κ3) is 5.91. The summed E-state index contributed by atoms with van der Waals surface area (Å²) in [7, 11) is -4.08. The Hall–Kier alpha value is -0.450. The molecule has 1 aliphatic carbocycles. The van der Waals surface area contributed by atoms with Crippen molar-refractivity contribution in [2.45, 2.75) is 61.6 Å². The molecule has 4 rings (SSSR count). The van der Waals surface area contributed by atoms with Gasteiger partial charge in [0.25, 0.3) is 0 Å². The Morgan fingerprint density at radius 2 is 2.03 bits per heavy atom. The van der Waals surface area contributed by atoms with Crippen molar-refractivity contribution < 1.29 is 73.4 Å². The van der Waals surface area contributed by atoms with E-state index in [0.29, 0.717) is 11.2 Å². The molecule has 0 bridgehead atoms. The predicted molar refractivity (Wildman–Crippen MR) is 120 cm³/mol. The summed E-state index contributed by atoms with van der Waals surface area (Å²) in [6.07, 6.45) is 0.241. The van der Waals surface area contributed by atoms with E-state index in [2.05, 4.69) is 20.4 Å². The molecular weight excluding hydrogens is 532 g/mol. The molecule has 0 spiro atoms. The number of anilines is 1. The Kier molecular flexibility index (Phi) is 10.2. The van der Waals surface area contributed by atoms with Crippen LogP contribution in [0, 0.1) is 0 Å². The van der Waals surface area contributed by atoms with Gasteiger partial charge in [0, 0.05) is 13.2 Å². The van der Waals surface area contributed by atoms with Crippen LogP contribution in [-0.4, -0.2) is 96.6 Å². The van der Waals surface area contributed by atoms with Gasteiger partial charge in [-0.15, -0.1) is 0 Å². The minimum absolute atomic E-state index is 0. The van der Waals surface area contributed by atoms with Gasteiger partial charge >= 0.3 is 29.6 Å². The zero-order valence-corrected chi connectivity index (χ0v) is 23.5. The van der Waals surface area contributed by atoms with E-state index in [1.807, 2.05) is 0 Å². The number of nitrogens with one attached hydrogen (secondary N) is 1. The molecule has 2 aliphatic rings. The Morgan fingerprint density at radius 1 is 1.33 bits per heavy atom. The molecule has 0 radical (unpaired) electrons. The SMILES string of the molecule is COC[C@](CO)(OC[C@H]1O[C@@H](n2ncc3c(NC4CCCC4)nc(Cl)nc32)[C@H](O)[C@@H]1O)P(=O)([O-])O.[Na+]. The monoisotopic (exact) mass is 559 g/mol. The summed E-state index contributed by atoms with van der Waals surface area (Å²) >= 11 is 6.14. The second-order valence-corrected chi connectivity index (χ2v) is 10.9. The molecule has 2 aromatic heterocycles. The van der Waals surface area contributed by atoms with Crippen molar-refractivity contribution in [3.05, 3.63) is 11.5 Å². The van der Waals surface area contributed by atoms with Crippen LogP contribution < -0.4 is 39.8 Å². The number of aliphatic hydroxyl groups is 3. The molecule has 0 aromatic carbocycles. The van der Waals surface area contributed by atoms with Crippen molar-refractivity contribution in [2.75, 3.05) is 32.2 Å². The predicted octanol–water partition coefficient (Wildman–Crippen LogP) is -3.65. The largest absolute Gasteiger partial charge is 1.00 e. The zero-order chi connectivity index (χ0) is 25.4. The molecule has 2 aromatic rings. The van der Waals surface area contributed by atoms with Crippen LogP contribution >= 0.6 is 19.2 Å². The number of nitrogens with zero attached hydrogens (tertiary/aromatic N) is 4. The van der Waals surface area contributed by atoms with Crippen LogP contribution in [0.25, 0.3) is 11.0 Å². The summed E-state index contributed by atoms with van der Waals surface area (Å²) in [5, 5.41) is 36.4. The number of aromatic nitrogens is 4. The van der Waals surface area contributed by atoms with Gasteiger partial charge in [-0.05, 0) is 24.4 Å². The zero-order valence-electron chi connectivity index (χ0n) is 19.9. The quantitative estimate of drug-likeness (QED) is 0.108. The van der Waals surface area contributed by atoms with E-state index in [-0.39, 0.29) is 46.5 Å². The van der Waals surface area contributed by atoms with Crippen molar-refractivity contribution in [3.8, 4) is 0 Å². The average molecular weight is 560 g/mol. The summed E-state index contributed by atoms with van der Waals surface area (Å²) in [6, 6.07) is 0.242. The Labute approximate surface area is 233 Å². The number of rotatable bonds is 10. The third-order valence-electron chi connectivity index (χ3n) is 6.35. The van der Waals surface area contributed by atoms with E-state index < -0.39 is 57.3 Å². The van der Waals surface area contributed by atoms with Gasteiger partial charge in [-0.3, -0.25) is 0 Å². The van der Waals surface area contributed by atoms with Gasteiger partial charge in [0.05, 0.1) is 31.4 Å². The smallest absolute Gasteiger partial charge is 0.776 e. The van der Waals surface area contributed by atoms with Gasteiger partial charge in [0.1, 0.15) is 24.1 Å². The standard InChI is InChI=1S/C19H29ClN5O9P.Na/c1-32-9-19(8-26,35(29,30)31)33-7-12-13(27)14(28)17(34-12)25-16-11(6-21-25)15(23-18(20)24-16)22-10-4-2-3-5-10;/h6,10,12-14,17,26-28H,2-5,7-9H2,1H3,(H,22,23,24)(H2,29,30,31);/q;+1/p-1/t12-,13-,14-,17-,19-;/m1./s1. The molecule has 0 amide bonds. The summed E-state index contributed by atoms with van der Waals surface area (Å²) in [5.41, 5.74) is 0.256. The number of halogens is 1. The first-order valence-corrected chi connectivity index (χ1v) is 13.0. The topological polar surface area (TPSA) is 204 Å². The molecule has 2 fully saturated rings. The average Bonchev–Trinajstić information content (AvgIpc) is 3.52. The summed E-state index contributed by atoms with van der Waals surface area (Å²) in [5.74, 6) is 0.493. The molecule has 6 atom stereocenters. The minimum atomic E-state index is -5.24. The van der Waals surface area contributed by atoms with Crippen LogP contribution in [0.5, 0.6) is 0 Å². The number of aliphatic hydroxyl groups excluding tert-OH is 3. The molecule has 36 heavy (non-hydrogen) atoms. The summed E-state index contributed by atoms with van der Waals surface area (Å²) in [4.78, 5) is 29.9. The normalized spacial score (nSPS) is 28.1. The summed E-state index contributed by atoms with van der Waals surface area (Å²) in [6.45, 7) is -2.39. The second kappa shape index (κ2) is 12.2. The van der Waals surface area contributed by atoms with Gasteiger partial charge in [-0.2, -0.15) is 15.1 Å². The molecule has 5 N–H and O–H groups in total. The van der Waals surface area contributed by atoms with Crippen molar-refractivity contribution in [3.63, 3.8) is 0 Å². The maximum atomic E-state index is 11.8. The van der Waals surface area contributed by atoms with Crippen LogP contribution in [0.2, 0.25) is 5.28 Å². The maximum absolute atomic E-state index is 11.8. The van der Waals surface area contributed by atoms with E-state index in [1.54, 1.807) is 0 Å². The number of methoxy groups -OCH3 is 1. The van der Waals surface area contributed by atoms with E-state index in [0.717, 1.165) is 32.8 Å². The fourth-order valence-corrected chi connectivity index (χ4v) is 5.25. The number of hydrogen-bond acceptors (Lipinski definition) is 12. The molecule has 1 saturated carbocycles.